The van der Waals surface area contributed by atoms with E-state index >= 15 is 0 Å². The van der Waals surface area contributed by atoms with Crippen molar-refractivity contribution in [2.45, 2.75) is 44.6 Å². The number of rotatable bonds is 8. The van der Waals surface area contributed by atoms with Crippen LogP contribution in [0.4, 0.5) is 0 Å². The Hall–Kier alpha value is -0.650. The molecule has 118 valence electrons. The van der Waals surface area contributed by atoms with Crippen molar-refractivity contribution in [2.24, 2.45) is 11.7 Å². The van der Waals surface area contributed by atoms with E-state index in [9.17, 15) is 4.79 Å². The smallest absolute Gasteiger partial charge is 0.325 e. The van der Waals surface area contributed by atoms with Gasteiger partial charge in [-0.15, -0.1) is 0 Å². The molecule has 1 saturated heterocycles. The Morgan fingerprint density at radius 1 is 1.30 bits per heavy atom. The van der Waals surface area contributed by atoms with Crippen molar-refractivity contribution in [1.29, 1.82) is 0 Å². The number of nitrogens with zero attached hydrogens (tertiary/aromatic N) is 1. The molecule has 20 heavy (non-hydrogen) atoms. The molecule has 0 aromatic carbocycles. The second kappa shape index (κ2) is 8.60. The van der Waals surface area contributed by atoms with Gasteiger partial charge in [-0.3, -0.25) is 4.79 Å². The Balaban J connectivity index is 2.12. The van der Waals surface area contributed by atoms with Crippen molar-refractivity contribution in [3.63, 3.8) is 0 Å². The predicted molar refractivity (Wildman–Crippen MR) is 79.5 cm³/mol. The fraction of sp³-hybridized carbons (Fsp3) is 0.933. The van der Waals surface area contributed by atoms with Gasteiger partial charge >= 0.3 is 5.97 Å². The monoisotopic (exact) mass is 286 g/mol. The van der Waals surface area contributed by atoms with Gasteiger partial charge in [-0.25, -0.2) is 0 Å². The van der Waals surface area contributed by atoms with Crippen molar-refractivity contribution in [3.8, 4) is 0 Å². The fourth-order valence-corrected chi connectivity index (χ4v) is 2.78. The number of unbranched alkanes of at least 4 members (excludes halogenated alkanes) is 1. The van der Waals surface area contributed by atoms with Crippen LogP contribution in [0.1, 0.15) is 39.0 Å². The summed E-state index contributed by atoms with van der Waals surface area (Å²) in [6.07, 6.45) is 5.17. The first-order valence-electron chi connectivity index (χ1n) is 7.58. The van der Waals surface area contributed by atoms with Gasteiger partial charge in [0.2, 0.25) is 0 Å². The molecule has 0 aromatic rings. The van der Waals surface area contributed by atoms with E-state index in [1.54, 1.807) is 14.0 Å². The second-order valence-electron chi connectivity index (χ2n) is 6.11. The highest BCUT2D eigenvalue weighted by atomic mass is 16.5. The molecule has 1 aliphatic rings. The lowest BCUT2D eigenvalue weighted by Gasteiger charge is -2.31. The van der Waals surface area contributed by atoms with Gasteiger partial charge < -0.3 is 20.1 Å². The summed E-state index contributed by atoms with van der Waals surface area (Å²) in [5, 5.41) is 0. The summed E-state index contributed by atoms with van der Waals surface area (Å²) in [5.74, 6) is 0.404. The molecule has 0 aliphatic carbocycles. The van der Waals surface area contributed by atoms with Gasteiger partial charge in [-0.1, -0.05) is 0 Å². The van der Waals surface area contributed by atoms with Gasteiger partial charge in [-0.05, 0) is 64.6 Å². The molecule has 0 saturated carbocycles. The van der Waals surface area contributed by atoms with E-state index < -0.39 is 5.54 Å². The number of carbonyl (C=O) groups excluding carboxylic acids is 1. The molecule has 1 aliphatic heterocycles. The van der Waals surface area contributed by atoms with Crippen LogP contribution in [0.25, 0.3) is 0 Å². The number of ether oxygens (including phenoxy) is 2. The summed E-state index contributed by atoms with van der Waals surface area (Å²) < 4.78 is 9.92. The van der Waals surface area contributed by atoms with E-state index in [0.717, 1.165) is 45.0 Å². The van der Waals surface area contributed by atoms with Crippen molar-refractivity contribution in [3.05, 3.63) is 0 Å². The average Bonchev–Trinajstić information content (AvgIpc) is 2.44. The molecule has 1 fully saturated rings. The molecule has 0 aromatic heterocycles. The third-order valence-electron chi connectivity index (χ3n) is 4.18. The molecule has 5 nitrogen and oxygen atoms in total. The molecule has 0 spiro atoms. The number of likely N-dealkylation sites (tertiary alicyclic amines) is 1. The maximum absolute atomic E-state index is 11.5. The maximum atomic E-state index is 11.5. The number of piperidine rings is 1. The standard InChI is InChI=1S/C15H30N2O3/c1-15(16,14(18)20-3)8-4-5-9-17-10-6-13(7-11-17)12-19-2/h13H,4-12,16H2,1-3H3. The largest absolute Gasteiger partial charge is 0.468 e. The van der Waals surface area contributed by atoms with Crippen molar-refractivity contribution in [1.82, 2.24) is 4.90 Å². The van der Waals surface area contributed by atoms with Crippen LogP contribution in [-0.2, 0) is 14.3 Å². The van der Waals surface area contributed by atoms with Gasteiger partial charge in [0.25, 0.3) is 0 Å². The third kappa shape index (κ3) is 5.77. The highest BCUT2D eigenvalue weighted by Crippen LogP contribution is 2.18. The topological polar surface area (TPSA) is 64.8 Å². The quantitative estimate of drug-likeness (QED) is 0.540. The Morgan fingerprint density at radius 3 is 2.50 bits per heavy atom. The van der Waals surface area contributed by atoms with Gasteiger partial charge in [0.1, 0.15) is 5.54 Å². The highest BCUT2D eigenvalue weighted by Gasteiger charge is 2.28. The van der Waals surface area contributed by atoms with Crippen LogP contribution in [0.5, 0.6) is 0 Å². The minimum atomic E-state index is -0.847. The lowest BCUT2D eigenvalue weighted by Crippen LogP contribution is -2.45. The van der Waals surface area contributed by atoms with Gasteiger partial charge in [0, 0.05) is 13.7 Å². The van der Waals surface area contributed by atoms with Gasteiger partial charge in [0.15, 0.2) is 0 Å². The summed E-state index contributed by atoms with van der Waals surface area (Å²) in [7, 11) is 3.16. The van der Waals surface area contributed by atoms with E-state index in [4.69, 9.17) is 15.2 Å². The molecule has 2 N–H and O–H groups in total. The Bertz CT molecular complexity index is 287. The zero-order chi connectivity index (χ0) is 15.0. The zero-order valence-electron chi connectivity index (χ0n) is 13.2. The SMILES string of the molecule is COCC1CCN(CCCCC(C)(N)C(=O)OC)CC1. The predicted octanol–water partition coefficient (Wildman–Crippen LogP) is 1.41. The molecular formula is C15H30N2O3. The average molecular weight is 286 g/mol. The maximum Gasteiger partial charge on any atom is 0.325 e. The molecule has 1 atom stereocenters. The van der Waals surface area contributed by atoms with Crippen LogP contribution in [0, 0.1) is 5.92 Å². The highest BCUT2D eigenvalue weighted by molar-refractivity contribution is 5.79. The van der Waals surface area contributed by atoms with E-state index in [1.165, 1.54) is 20.0 Å². The van der Waals surface area contributed by atoms with E-state index in [-0.39, 0.29) is 5.97 Å². The number of methoxy groups -OCH3 is 2. The zero-order valence-corrected chi connectivity index (χ0v) is 13.2. The Labute approximate surface area is 122 Å². The lowest BCUT2D eigenvalue weighted by molar-refractivity contribution is -0.146. The van der Waals surface area contributed by atoms with Gasteiger partial charge in [-0.2, -0.15) is 0 Å². The number of carbonyl (C=O) groups is 1. The molecule has 0 amide bonds. The number of hydrogen-bond donors (Lipinski definition) is 1. The molecule has 1 heterocycles. The van der Waals surface area contributed by atoms with Crippen molar-refractivity contribution >= 4 is 5.97 Å². The van der Waals surface area contributed by atoms with Crippen LogP contribution in [0.15, 0.2) is 0 Å². The molecular weight excluding hydrogens is 256 g/mol. The van der Waals surface area contributed by atoms with Crippen molar-refractivity contribution in [2.75, 3.05) is 40.5 Å². The number of hydrogen-bond acceptors (Lipinski definition) is 5. The summed E-state index contributed by atoms with van der Waals surface area (Å²) in [4.78, 5) is 14.0. The van der Waals surface area contributed by atoms with Crippen LogP contribution in [0.3, 0.4) is 0 Å². The molecule has 5 heteroatoms. The molecule has 0 bridgehead atoms. The molecule has 1 rings (SSSR count). The summed E-state index contributed by atoms with van der Waals surface area (Å²) in [6, 6.07) is 0. The van der Waals surface area contributed by atoms with Crippen LogP contribution in [0.2, 0.25) is 0 Å². The fourth-order valence-electron chi connectivity index (χ4n) is 2.78. The van der Waals surface area contributed by atoms with Crippen LogP contribution in [-0.4, -0.2) is 56.9 Å². The van der Waals surface area contributed by atoms with Gasteiger partial charge in [0.05, 0.1) is 7.11 Å². The number of esters is 1. The number of nitrogens with two attached hydrogens (primary N) is 1. The van der Waals surface area contributed by atoms with E-state index in [2.05, 4.69) is 4.90 Å². The third-order valence-corrected chi connectivity index (χ3v) is 4.18. The Morgan fingerprint density at radius 2 is 1.95 bits per heavy atom. The van der Waals surface area contributed by atoms with E-state index in [0.29, 0.717) is 6.42 Å². The minimum Gasteiger partial charge on any atom is -0.468 e. The Kier molecular flexibility index (Phi) is 7.48. The lowest BCUT2D eigenvalue weighted by atomic mass is 9.95. The summed E-state index contributed by atoms with van der Waals surface area (Å²) >= 11 is 0. The normalized spacial score (nSPS) is 20.6. The molecule has 1 unspecified atom stereocenters. The summed E-state index contributed by atoms with van der Waals surface area (Å²) in [6.45, 7) is 6.04. The second-order valence-corrected chi connectivity index (χ2v) is 6.11. The molecule has 0 radical (unpaired) electrons. The minimum absolute atomic E-state index is 0.321. The first-order chi connectivity index (χ1) is 9.49. The first-order valence-corrected chi connectivity index (χ1v) is 7.58. The van der Waals surface area contributed by atoms with E-state index in [1.807, 2.05) is 0 Å². The first kappa shape index (κ1) is 17.4. The van der Waals surface area contributed by atoms with Crippen LogP contribution >= 0.6 is 0 Å². The van der Waals surface area contributed by atoms with Crippen molar-refractivity contribution < 1.29 is 14.3 Å². The summed E-state index contributed by atoms with van der Waals surface area (Å²) in [5.41, 5.74) is 5.09. The van der Waals surface area contributed by atoms with Crippen LogP contribution < -0.4 is 5.73 Å².